The quantitative estimate of drug-likeness (QED) is 0.682. The number of hydrogen-bond acceptors (Lipinski definition) is 4. The summed E-state index contributed by atoms with van der Waals surface area (Å²) in [5.41, 5.74) is 0.978. The molecule has 0 aromatic heterocycles. The summed E-state index contributed by atoms with van der Waals surface area (Å²) in [4.78, 5) is 24.4. The second-order valence-electron chi connectivity index (χ2n) is 5.58. The Morgan fingerprint density at radius 1 is 0.923 bits per heavy atom. The summed E-state index contributed by atoms with van der Waals surface area (Å²) in [6.45, 7) is 1.90. The maximum Gasteiger partial charge on any atom is 0.342 e. The van der Waals surface area contributed by atoms with Crippen LogP contribution in [-0.4, -0.2) is 25.1 Å². The second kappa shape index (κ2) is 8.16. The predicted molar refractivity (Wildman–Crippen MR) is 100 cm³/mol. The van der Waals surface area contributed by atoms with E-state index < -0.39 is 11.9 Å². The average molecular weight is 349 g/mol. The monoisotopic (exact) mass is 349 g/mol. The lowest BCUT2D eigenvalue weighted by molar-refractivity contribution is -0.119. The fraction of sp³-hybridized carbons (Fsp3) is 0.143. The van der Waals surface area contributed by atoms with Gasteiger partial charge in [0.05, 0.1) is 6.61 Å². The SMILES string of the molecule is CCOc1ccccc1C(=O)OCC(=O)Nc1cccc2ccccc12. The first-order valence-electron chi connectivity index (χ1n) is 8.35. The van der Waals surface area contributed by atoms with Gasteiger partial charge in [-0.25, -0.2) is 4.79 Å². The number of esters is 1. The van der Waals surface area contributed by atoms with E-state index in [0.29, 0.717) is 23.6 Å². The van der Waals surface area contributed by atoms with E-state index in [1.54, 1.807) is 24.3 Å². The third-order valence-electron chi connectivity index (χ3n) is 3.80. The third kappa shape index (κ3) is 4.00. The topological polar surface area (TPSA) is 64.6 Å². The number of carbonyl (C=O) groups is 2. The Morgan fingerprint density at radius 2 is 1.65 bits per heavy atom. The van der Waals surface area contributed by atoms with Gasteiger partial charge >= 0.3 is 5.97 Å². The molecule has 0 radical (unpaired) electrons. The van der Waals surface area contributed by atoms with E-state index >= 15 is 0 Å². The highest BCUT2D eigenvalue weighted by molar-refractivity contribution is 6.03. The van der Waals surface area contributed by atoms with Crippen molar-refractivity contribution in [2.45, 2.75) is 6.92 Å². The minimum Gasteiger partial charge on any atom is -0.493 e. The van der Waals surface area contributed by atoms with Gasteiger partial charge in [-0.3, -0.25) is 4.79 Å². The van der Waals surface area contributed by atoms with Gasteiger partial charge in [-0.15, -0.1) is 0 Å². The Hall–Kier alpha value is -3.34. The molecule has 0 fully saturated rings. The first-order valence-corrected chi connectivity index (χ1v) is 8.35. The molecule has 3 aromatic rings. The molecule has 0 saturated heterocycles. The van der Waals surface area contributed by atoms with Crippen molar-refractivity contribution >= 4 is 28.3 Å². The van der Waals surface area contributed by atoms with Crippen LogP contribution in [0.1, 0.15) is 17.3 Å². The molecule has 0 spiro atoms. The Balaban J connectivity index is 1.65. The summed E-state index contributed by atoms with van der Waals surface area (Å²) in [6, 6.07) is 20.2. The van der Waals surface area contributed by atoms with Gasteiger partial charge in [0.2, 0.25) is 0 Å². The molecule has 3 rings (SSSR count). The molecule has 0 unspecified atom stereocenters. The van der Waals surface area contributed by atoms with Crippen LogP contribution in [0.5, 0.6) is 5.75 Å². The molecule has 132 valence electrons. The lowest BCUT2D eigenvalue weighted by Crippen LogP contribution is -2.21. The molecule has 0 aliphatic carbocycles. The molecule has 0 atom stereocenters. The summed E-state index contributed by atoms with van der Waals surface area (Å²) >= 11 is 0. The highest BCUT2D eigenvalue weighted by Gasteiger charge is 2.15. The molecule has 5 nitrogen and oxygen atoms in total. The Bertz CT molecular complexity index is 931. The number of amides is 1. The number of anilines is 1. The Labute approximate surface area is 151 Å². The van der Waals surface area contributed by atoms with Gasteiger partial charge in [0.1, 0.15) is 11.3 Å². The molecule has 0 heterocycles. The number of fused-ring (bicyclic) bond motifs is 1. The zero-order valence-corrected chi connectivity index (χ0v) is 14.4. The standard InChI is InChI=1S/C21H19NO4/c1-2-25-19-13-6-5-11-17(19)21(24)26-14-20(23)22-18-12-7-9-15-8-3-4-10-16(15)18/h3-13H,2,14H2,1H3,(H,22,23). The zero-order chi connectivity index (χ0) is 18.4. The summed E-state index contributed by atoms with van der Waals surface area (Å²) in [6.07, 6.45) is 0. The van der Waals surface area contributed by atoms with Crippen LogP contribution in [0, 0.1) is 0 Å². The van der Waals surface area contributed by atoms with Gasteiger partial charge in [-0.2, -0.15) is 0 Å². The zero-order valence-electron chi connectivity index (χ0n) is 14.4. The van der Waals surface area contributed by atoms with Crippen molar-refractivity contribution in [3.63, 3.8) is 0 Å². The van der Waals surface area contributed by atoms with Crippen LogP contribution in [0.15, 0.2) is 66.7 Å². The highest BCUT2D eigenvalue weighted by atomic mass is 16.5. The largest absolute Gasteiger partial charge is 0.493 e. The molecule has 1 N–H and O–H groups in total. The summed E-state index contributed by atoms with van der Waals surface area (Å²) in [5.74, 6) is -0.555. The van der Waals surface area contributed by atoms with Gasteiger partial charge in [-0.05, 0) is 30.5 Å². The number of carbonyl (C=O) groups excluding carboxylic acids is 2. The molecule has 26 heavy (non-hydrogen) atoms. The fourth-order valence-electron chi connectivity index (χ4n) is 2.65. The minimum absolute atomic E-state index is 0.298. The predicted octanol–water partition coefficient (Wildman–Crippen LogP) is 4.03. The van der Waals surface area contributed by atoms with Crippen LogP contribution >= 0.6 is 0 Å². The number of benzene rings is 3. The Kier molecular flexibility index (Phi) is 5.49. The van der Waals surface area contributed by atoms with Crippen LogP contribution in [0.2, 0.25) is 0 Å². The number of ether oxygens (including phenoxy) is 2. The van der Waals surface area contributed by atoms with E-state index in [4.69, 9.17) is 9.47 Å². The maximum atomic E-state index is 12.2. The summed E-state index contributed by atoms with van der Waals surface area (Å²) in [5, 5.41) is 4.73. The average Bonchev–Trinajstić information content (AvgIpc) is 2.67. The summed E-state index contributed by atoms with van der Waals surface area (Å²) < 4.78 is 10.5. The number of hydrogen-bond donors (Lipinski definition) is 1. The molecule has 0 bridgehead atoms. The van der Waals surface area contributed by atoms with Crippen LogP contribution in [0.4, 0.5) is 5.69 Å². The molecule has 0 aliphatic heterocycles. The van der Waals surface area contributed by atoms with E-state index in [9.17, 15) is 9.59 Å². The second-order valence-corrected chi connectivity index (χ2v) is 5.58. The summed E-state index contributed by atoms with van der Waals surface area (Å²) in [7, 11) is 0. The molecule has 1 amide bonds. The van der Waals surface area contributed by atoms with Crippen molar-refractivity contribution in [3.8, 4) is 5.75 Å². The number of nitrogens with one attached hydrogen (secondary N) is 1. The molecule has 0 aliphatic rings. The fourth-order valence-corrected chi connectivity index (χ4v) is 2.65. The van der Waals surface area contributed by atoms with Crippen LogP contribution in [0.3, 0.4) is 0 Å². The van der Waals surface area contributed by atoms with Crippen molar-refractivity contribution in [1.82, 2.24) is 0 Å². The van der Waals surface area contributed by atoms with Crippen molar-refractivity contribution in [2.24, 2.45) is 0 Å². The van der Waals surface area contributed by atoms with Gasteiger partial charge < -0.3 is 14.8 Å². The molecular formula is C21H19NO4. The molecule has 5 heteroatoms. The van der Waals surface area contributed by atoms with E-state index in [2.05, 4.69) is 5.32 Å². The van der Waals surface area contributed by atoms with Crippen molar-refractivity contribution in [3.05, 3.63) is 72.3 Å². The Morgan fingerprint density at radius 3 is 2.50 bits per heavy atom. The molecular weight excluding hydrogens is 330 g/mol. The van der Waals surface area contributed by atoms with Gasteiger partial charge in [-0.1, -0.05) is 48.5 Å². The smallest absolute Gasteiger partial charge is 0.342 e. The lowest BCUT2D eigenvalue weighted by Gasteiger charge is -2.11. The number of para-hydroxylation sites is 1. The molecule has 0 saturated carbocycles. The molecule has 3 aromatic carbocycles. The highest BCUT2D eigenvalue weighted by Crippen LogP contribution is 2.23. The lowest BCUT2D eigenvalue weighted by atomic mass is 10.1. The first kappa shape index (κ1) is 17.5. The van der Waals surface area contributed by atoms with Crippen LogP contribution in [-0.2, 0) is 9.53 Å². The van der Waals surface area contributed by atoms with Crippen molar-refractivity contribution in [1.29, 1.82) is 0 Å². The normalized spacial score (nSPS) is 10.3. The van der Waals surface area contributed by atoms with Crippen molar-refractivity contribution in [2.75, 3.05) is 18.5 Å². The third-order valence-corrected chi connectivity index (χ3v) is 3.80. The van der Waals surface area contributed by atoms with Gasteiger partial charge in [0.15, 0.2) is 6.61 Å². The van der Waals surface area contributed by atoms with E-state index in [1.165, 1.54) is 0 Å². The van der Waals surface area contributed by atoms with E-state index in [-0.39, 0.29) is 6.61 Å². The van der Waals surface area contributed by atoms with Crippen molar-refractivity contribution < 1.29 is 19.1 Å². The first-order chi connectivity index (χ1) is 12.7. The number of rotatable bonds is 6. The maximum absolute atomic E-state index is 12.2. The van der Waals surface area contributed by atoms with E-state index in [1.807, 2.05) is 49.4 Å². The minimum atomic E-state index is -0.595. The van der Waals surface area contributed by atoms with E-state index in [0.717, 1.165) is 10.8 Å². The van der Waals surface area contributed by atoms with Gasteiger partial charge in [0, 0.05) is 11.1 Å². The van der Waals surface area contributed by atoms with Crippen LogP contribution in [0.25, 0.3) is 10.8 Å². The van der Waals surface area contributed by atoms with Gasteiger partial charge in [0.25, 0.3) is 5.91 Å². The van der Waals surface area contributed by atoms with Crippen LogP contribution < -0.4 is 10.1 Å².